The van der Waals surface area contributed by atoms with Crippen LogP contribution in [-0.4, -0.2) is 48.3 Å². The standard InChI is InChI=1S/C27H32N2O4/c30-26(27(31,20-8-4-5-9-20)19-6-2-1-3-7-19)28-25-21-16-29(17-22(21)25)15-18-10-11-23-24(14-18)33-13-12-32-23/h1-3,6-7,10-11,14,20-22,25,31H,4-5,8-9,12-13,15-17H2,(H,28,30)/t21-,22?,25+,27?/m1/s1. The van der Waals surface area contributed by atoms with E-state index in [9.17, 15) is 9.90 Å². The molecule has 2 saturated carbocycles. The minimum atomic E-state index is -1.43. The first kappa shape index (κ1) is 21.0. The van der Waals surface area contributed by atoms with Crippen LogP contribution in [0.15, 0.2) is 48.5 Å². The van der Waals surface area contributed by atoms with E-state index in [1.807, 2.05) is 36.4 Å². The summed E-state index contributed by atoms with van der Waals surface area (Å²) in [5.74, 6) is 2.37. The number of amides is 1. The molecule has 2 unspecified atom stereocenters. The third-order valence-electron chi connectivity index (χ3n) is 8.09. The number of hydrogen-bond donors (Lipinski definition) is 2. The lowest BCUT2D eigenvalue weighted by Crippen LogP contribution is -2.50. The van der Waals surface area contributed by atoms with Crippen molar-refractivity contribution in [3.63, 3.8) is 0 Å². The quantitative estimate of drug-likeness (QED) is 0.711. The van der Waals surface area contributed by atoms with Crippen molar-refractivity contribution < 1.29 is 19.4 Å². The third kappa shape index (κ3) is 3.79. The average Bonchev–Trinajstić information content (AvgIpc) is 3.26. The Morgan fingerprint density at radius 2 is 1.70 bits per heavy atom. The Balaban J connectivity index is 1.08. The normalized spacial score (nSPS) is 28.2. The van der Waals surface area contributed by atoms with Gasteiger partial charge in [0.1, 0.15) is 13.2 Å². The summed E-state index contributed by atoms with van der Waals surface area (Å²) in [5.41, 5.74) is 0.515. The zero-order valence-electron chi connectivity index (χ0n) is 18.9. The van der Waals surface area contributed by atoms with Crippen LogP contribution in [0.25, 0.3) is 0 Å². The van der Waals surface area contributed by atoms with Crippen LogP contribution >= 0.6 is 0 Å². The summed E-state index contributed by atoms with van der Waals surface area (Å²) in [6.45, 7) is 4.02. The predicted octanol–water partition coefficient (Wildman–Crippen LogP) is 3.08. The van der Waals surface area contributed by atoms with Crippen molar-refractivity contribution >= 4 is 5.91 Å². The molecule has 2 N–H and O–H groups in total. The first-order valence-corrected chi connectivity index (χ1v) is 12.3. The van der Waals surface area contributed by atoms with Gasteiger partial charge in [-0.3, -0.25) is 9.69 Å². The molecule has 3 fully saturated rings. The van der Waals surface area contributed by atoms with E-state index in [-0.39, 0.29) is 17.9 Å². The number of aliphatic hydroxyl groups is 1. The molecule has 0 aromatic heterocycles. The molecule has 2 heterocycles. The van der Waals surface area contributed by atoms with Gasteiger partial charge in [0.05, 0.1) is 0 Å². The number of rotatable bonds is 6. The largest absolute Gasteiger partial charge is 0.486 e. The number of ether oxygens (including phenoxy) is 2. The monoisotopic (exact) mass is 448 g/mol. The first-order chi connectivity index (χ1) is 16.1. The SMILES string of the molecule is O=C(N[C@@H]1C2CN(Cc3ccc4c(c3)OCCO4)C[C@H]21)C(O)(c1ccccc1)C1CCCC1. The van der Waals surface area contributed by atoms with Crippen molar-refractivity contribution in [2.75, 3.05) is 26.3 Å². The molecule has 2 aliphatic carbocycles. The van der Waals surface area contributed by atoms with Gasteiger partial charge in [0.25, 0.3) is 5.91 Å². The number of fused-ring (bicyclic) bond motifs is 2. The maximum Gasteiger partial charge on any atom is 0.257 e. The molecule has 6 heteroatoms. The van der Waals surface area contributed by atoms with Crippen molar-refractivity contribution in [3.8, 4) is 11.5 Å². The second kappa shape index (κ2) is 8.33. The highest BCUT2D eigenvalue weighted by molar-refractivity contribution is 5.87. The Labute approximate surface area is 194 Å². The van der Waals surface area contributed by atoms with Gasteiger partial charge in [-0.05, 0) is 47.9 Å². The summed E-state index contributed by atoms with van der Waals surface area (Å²) in [7, 11) is 0. The van der Waals surface area contributed by atoms with E-state index in [0.29, 0.717) is 25.0 Å². The number of carbonyl (C=O) groups is 1. The maximum absolute atomic E-state index is 13.4. The Morgan fingerprint density at radius 3 is 2.42 bits per heavy atom. The molecule has 33 heavy (non-hydrogen) atoms. The zero-order valence-corrected chi connectivity index (χ0v) is 18.9. The molecule has 6 rings (SSSR count). The maximum atomic E-state index is 13.4. The molecule has 2 aromatic rings. The van der Waals surface area contributed by atoms with Gasteiger partial charge in [0.2, 0.25) is 0 Å². The van der Waals surface area contributed by atoms with Crippen molar-refractivity contribution in [2.45, 2.75) is 43.9 Å². The molecule has 1 amide bonds. The van der Waals surface area contributed by atoms with Crippen LogP contribution in [-0.2, 0) is 16.9 Å². The molecule has 0 spiro atoms. The van der Waals surface area contributed by atoms with Gasteiger partial charge in [0, 0.05) is 31.6 Å². The van der Waals surface area contributed by atoms with Crippen LogP contribution in [0.2, 0.25) is 0 Å². The highest BCUT2D eigenvalue weighted by Gasteiger charge is 2.58. The number of benzene rings is 2. The van der Waals surface area contributed by atoms with Gasteiger partial charge in [-0.15, -0.1) is 0 Å². The lowest BCUT2D eigenvalue weighted by molar-refractivity contribution is -0.147. The van der Waals surface area contributed by atoms with Crippen LogP contribution in [0.3, 0.4) is 0 Å². The fourth-order valence-electron chi connectivity index (χ4n) is 6.25. The smallest absolute Gasteiger partial charge is 0.257 e. The summed E-state index contributed by atoms with van der Waals surface area (Å²) in [6.07, 6.45) is 3.96. The van der Waals surface area contributed by atoms with E-state index in [0.717, 1.165) is 62.4 Å². The highest BCUT2D eigenvalue weighted by Crippen LogP contribution is 2.48. The molecule has 1 saturated heterocycles. The Hall–Kier alpha value is -2.57. The van der Waals surface area contributed by atoms with E-state index in [1.54, 1.807) is 0 Å². The Bertz CT molecular complexity index is 1010. The van der Waals surface area contributed by atoms with Crippen LogP contribution in [0.1, 0.15) is 36.8 Å². The molecule has 0 bridgehead atoms. The molecule has 174 valence electrons. The molecule has 4 aliphatic rings. The number of nitrogens with zero attached hydrogens (tertiary/aromatic N) is 1. The number of carbonyl (C=O) groups excluding carboxylic acids is 1. The third-order valence-corrected chi connectivity index (χ3v) is 8.09. The van der Waals surface area contributed by atoms with E-state index in [4.69, 9.17) is 9.47 Å². The van der Waals surface area contributed by atoms with Gasteiger partial charge in [-0.2, -0.15) is 0 Å². The number of hydrogen-bond acceptors (Lipinski definition) is 5. The summed E-state index contributed by atoms with van der Waals surface area (Å²) in [6, 6.07) is 15.9. The summed E-state index contributed by atoms with van der Waals surface area (Å²) >= 11 is 0. The molecule has 0 radical (unpaired) electrons. The van der Waals surface area contributed by atoms with Gasteiger partial charge < -0.3 is 19.9 Å². The fourth-order valence-corrected chi connectivity index (χ4v) is 6.25. The number of piperidine rings is 1. The molecule has 4 atom stereocenters. The Morgan fingerprint density at radius 1 is 1.00 bits per heavy atom. The van der Waals surface area contributed by atoms with Crippen LogP contribution in [0, 0.1) is 17.8 Å². The summed E-state index contributed by atoms with van der Waals surface area (Å²) in [5, 5.41) is 14.9. The number of likely N-dealkylation sites (tertiary alicyclic amines) is 1. The number of nitrogens with one attached hydrogen (secondary N) is 1. The van der Waals surface area contributed by atoms with E-state index in [1.165, 1.54) is 5.56 Å². The molecule has 6 nitrogen and oxygen atoms in total. The molecular formula is C27H32N2O4. The molecule has 2 aliphatic heterocycles. The first-order valence-electron chi connectivity index (χ1n) is 12.3. The van der Waals surface area contributed by atoms with Crippen LogP contribution in [0.5, 0.6) is 11.5 Å². The van der Waals surface area contributed by atoms with Crippen LogP contribution < -0.4 is 14.8 Å². The van der Waals surface area contributed by atoms with Crippen molar-refractivity contribution in [1.82, 2.24) is 10.2 Å². The summed E-state index contributed by atoms with van der Waals surface area (Å²) < 4.78 is 11.3. The van der Waals surface area contributed by atoms with Crippen LogP contribution in [0.4, 0.5) is 0 Å². The van der Waals surface area contributed by atoms with Gasteiger partial charge in [0.15, 0.2) is 17.1 Å². The summed E-state index contributed by atoms with van der Waals surface area (Å²) in [4.78, 5) is 15.9. The minimum absolute atomic E-state index is 0.00908. The highest BCUT2D eigenvalue weighted by atomic mass is 16.6. The van der Waals surface area contributed by atoms with Crippen molar-refractivity contribution in [2.24, 2.45) is 17.8 Å². The predicted molar refractivity (Wildman–Crippen MR) is 124 cm³/mol. The van der Waals surface area contributed by atoms with Gasteiger partial charge in [-0.25, -0.2) is 0 Å². The van der Waals surface area contributed by atoms with Gasteiger partial charge >= 0.3 is 0 Å². The van der Waals surface area contributed by atoms with E-state index >= 15 is 0 Å². The second-order valence-corrected chi connectivity index (χ2v) is 10.1. The van der Waals surface area contributed by atoms with Gasteiger partial charge in [-0.1, -0.05) is 49.2 Å². The zero-order chi connectivity index (χ0) is 22.4. The molecule has 2 aromatic carbocycles. The van der Waals surface area contributed by atoms with Crippen molar-refractivity contribution in [3.05, 3.63) is 59.7 Å². The lowest BCUT2D eigenvalue weighted by Gasteiger charge is -2.33. The lowest BCUT2D eigenvalue weighted by atomic mass is 9.79. The van der Waals surface area contributed by atoms with Crippen molar-refractivity contribution in [1.29, 1.82) is 0 Å². The average molecular weight is 449 g/mol. The molecular weight excluding hydrogens is 416 g/mol. The fraction of sp³-hybridized carbons (Fsp3) is 0.519. The second-order valence-electron chi connectivity index (χ2n) is 10.1. The Kier molecular flexibility index (Phi) is 5.30. The van der Waals surface area contributed by atoms with E-state index in [2.05, 4.69) is 22.3 Å². The minimum Gasteiger partial charge on any atom is -0.486 e. The topological polar surface area (TPSA) is 71.0 Å². The van der Waals surface area contributed by atoms with E-state index < -0.39 is 5.60 Å².